The lowest BCUT2D eigenvalue weighted by Gasteiger charge is -2.23. The summed E-state index contributed by atoms with van der Waals surface area (Å²) in [7, 11) is 1.39. The molecule has 126 valence electrons. The van der Waals surface area contributed by atoms with Crippen LogP contribution in [0.25, 0.3) is 11.1 Å². The molecule has 0 saturated carbocycles. The normalized spacial score (nSPS) is 13.5. The van der Waals surface area contributed by atoms with Gasteiger partial charge in [-0.25, -0.2) is 9.18 Å². The van der Waals surface area contributed by atoms with E-state index in [0.29, 0.717) is 5.56 Å². The first-order valence-electron chi connectivity index (χ1n) is 8.54. The Bertz CT molecular complexity index is 753. The van der Waals surface area contributed by atoms with Crippen molar-refractivity contribution in [3.63, 3.8) is 0 Å². The van der Waals surface area contributed by atoms with E-state index in [4.69, 9.17) is 9.72 Å². The molecule has 0 N–H and O–H groups in total. The molecule has 2 aromatic rings. The minimum Gasteiger partial charge on any atom is -0.465 e. The second kappa shape index (κ2) is 7.12. The topological polar surface area (TPSA) is 39.2 Å². The van der Waals surface area contributed by atoms with Gasteiger partial charge in [0, 0.05) is 11.3 Å². The Morgan fingerprint density at radius 3 is 2.58 bits per heavy atom. The number of hydrogen-bond donors (Lipinski definition) is 0. The number of nitrogens with zero attached hydrogens (tertiary/aromatic N) is 1. The van der Waals surface area contributed by atoms with E-state index in [-0.39, 0.29) is 11.8 Å². The zero-order valence-electron chi connectivity index (χ0n) is 14.2. The maximum absolute atomic E-state index is 13.4. The number of carbonyl (C=O) groups excluding carboxylic acids is 1. The molecule has 1 aromatic heterocycles. The van der Waals surface area contributed by atoms with Crippen molar-refractivity contribution in [2.24, 2.45) is 0 Å². The molecular weight excluding hydrogens is 305 g/mol. The molecule has 0 spiro atoms. The lowest BCUT2D eigenvalue weighted by atomic mass is 9.85. The van der Waals surface area contributed by atoms with Crippen LogP contribution in [0.3, 0.4) is 0 Å². The van der Waals surface area contributed by atoms with Crippen molar-refractivity contribution >= 4 is 5.97 Å². The third-order valence-corrected chi connectivity index (χ3v) is 4.56. The van der Waals surface area contributed by atoms with Gasteiger partial charge in [0.2, 0.25) is 0 Å². The van der Waals surface area contributed by atoms with Crippen molar-refractivity contribution in [1.29, 1.82) is 0 Å². The average Bonchev–Trinajstić information content (AvgIpc) is 2.61. The Balaban J connectivity index is 2.31. The minimum atomic E-state index is -0.362. The number of halogens is 1. The van der Waals surface area contributed by atoms with E-state index in [2.05, 4.69) is 6.92 Å². The van der Waals surface area contributed by atoms with Crippen molar-refractivity contribution in [3.8, 4) is 11.1 Å². The number of aromatic nitrogens is 1. The number of fused-ring (bicyclic) bond motifs is 1. The molecule has 0 atom stereocenters. The number of rotatable bonds is 4. The first-order chi connectivity index (χ1) is 11.7. The van der Waals surface area contributed by atoms with Gasteiger partial charge in [-0.1, -0.05) is 25.5 Å². The highest BCUT2D eigenvalue weighted by Crippen LogP contribution is 2.36. The molecule has 1 aliphatic rings. The van der Waals surface area contributed by atoms with Crippen LogP contribution in [0.15, 0.2) is 24.3 Å². The summed E-state index contributed by atoms with van der Waals surface area (Å²) in [5, 5.41) is 0. The Hall–Kier alpha value is -2.23. The Morgan fingerprint density at radius 2 is 1.92 bits per heavy atom. The first kappa shape index (κ1) is 16.6. The van der Waals surface area contributed by atoms with E-state index in [1.807, 2.05) is 0 Å². The summed E-state index contributed by atoms with van der Waals surface area (Å²) < 4.78 is 18.4. The number of esters is 1. The van der Waals surface area contributed by atoms with Crippen molar-refractivity contribution in [2.75, 3.05) is 7.11 Å². The fourth-order valence-electron chi connectivity index (χ4n) is 3.47. The summed E-state index contributed by atoms with van der Waals surface area (Å²) in [5.41, 5.74) is 5.28. The summed E-state index contributed by atoms with van der Waals surface area (Å²) >= 11 is 0. The Labute approximate surface area is 141 Å². The van der Waals surface area contributed by atoms with Crippen LogP contribution < -0.4 is 0 Å². The van der Waals surface area contributed by atoms with E-state index in [1.165, 1.54) is 19.2 Å². The Kier molecular flexibility index (Phi) is 4.93. The van der Waals surface area contributed by atoms with Crippen molar-refractivity contribution in [1.82, 2.24) is 4.98 Å². The highest BCUT2D eigenvalue weighted by Gasteiger charge is 2.26. The van der Waals surface area contributed by atoms with Gasteiger partial charge in [0.1, 0.15) is 5.82 Å². The fraction of sp³-hybridized carbons (Fsp3) is 0.400. The molecule has 1 aromatic carbocycles. The van der Waals surface area contributed by atoms with E-state index in [9.17, 15) is 9.18 Å². The summed E-state index contributed by atoms with van der Waals surface area (Å²) in [6.07, 6.45) is 5.65. The monoisotopic (exact) mass is 327 g/mol. The highest BCUT2D eigenvalue weighted by atomic mass is 19.1. The quantitative estimate of drug-likeness (QED) is 0.776. The van der Waals surface area contributed by atoms with Gasteiger partial charge in [0.15, 0.2) is 0 Å². The molecule has 4 heteroatoms. The van der Waals surface area contributed by atoms with E-state index in [1.54, 1.807) is 12.1 Å². The van der Waals surface area contributed by atoms with Crippen LogP contribution >= 0.6 is 0 Å². The lowest BCUT2D eigenvalue weighted by molar-refractivity contribution is 0.0599. The fourth-order valence-corrected chi connectivity index (χ4v) is 3.47. The summed E-state index contributed by atoms with van der Waals surface area (Å²) in [6.45, 7) is 2.07. The zero-order chi connectivity index (χ0) is 17.1. The maximum Gasteiger partial charge on any atom is 0.340 e. The number of aryl methyl sites for hydroxylation is 2. The predicted octanol–water partition coefficient (Wildman–Crippen LogP) is 4.51. The van der Waals surface area contributed by atoms with Crippen LogP contribution in [0, 0.1) is 5.82 Å². The summed E-state index contributed by atoms with van der Waals surface area (Å²) in [5.74, 6) is -0.645. The van der Waals surface area contributed by atoms with Gasteiger partial charge in [-0.15, -0.1) is 0 Å². The van der Waals surface area contributed by atoms with Gasteiger partial charge in [-0.3, -0.25) is 4.98 Å². The van der Waals surface area contributed by atoms with Gasteiger partial charge in [-0.05, 0) is 55.4 Å². The zero-order valence-corrected chi connectivity index (χ0v) is 14.2. The predicted molar refractivity (Wildman–Crippen MR) is 91.6 cm³/mol. The number of pyridine rings is 1. The molecule has 1 aliphatic carbocycles. The van der Waals surface area contributed by atoms with Crippen LogP contribution in [0.1, 0.15) is 53.5 Å². The third-order valence-electron chi connectivity index (χ3n) is 4.56. The van der Waals surface area contributed by atoms with Crippen LogP contribution in [0.5, 0.6) is 0 Å². The average molecular weight is 327 g/mol. The molecule has 0 radical (unpaired) electrons. The largest absolute Gasteiger partial charge is 0.465 e. The van der Waals surface area contributed by atoms with Gasteiger partial charge < -0.3 is 4.74 Å². The number of benzene rings is 1. The van der Waals surface area contributed by atoms with Crippen LogP contribution in [-0.2, 0) is 24.0 Å². The van der Waals surface area contributed by atoms with E-state index in [0.717, 1.165) is 66.6 Å². The second-order valence-electron chi connectivity index (χ2n) is 6.19. The minimum absolute atomic E-state index is 0.282. The molecule has 0 aliphatic heterocycles. The molecule has 1 heterocycles. The number of carbonyl (C=O) groups is 1. The molecule has 0 saturated heterocycles. The third kappa shape index (κ3) is 3.05. The van der Waals surface area contributed by atoms with Crippen LogP contribution in [0.4, 0.5) is 4.39 Å². The first-order valence-corrected chi connectivity index (χ1v) is 8.54. The van der Waals surface area contributed by atoms with Gasteiger partial charge in [0.05, 0.1) is 18.4 Å². The van der Waals surface area contributed by atoms with Crippen LogP contribution in [0.2, 0.25) is 0 Å². The molecule has 0 fully saturated rings. The van der Waals surface area contributed by atoms with Crippen molar-refractivity contribution in [3.05, 3.63) is 52.6 Å². The molecule has 0 unspecified atom stereocenters. The molecule has 24 heavy (non-hydrogen) atoms. The molecular formula is C20H22FNO2. The van der Waals surface area contributed by atoms with E-state index < -0.39 is 0 Å². The van der Waals surface area contributed by atoms with E-state index >= 15 is 0 Å². The SMILES string of the molecule is CCCc1nc2c(c(-c3ccc(F)cc3)c1C(=O)OC)CCCC2. The van der Waals surface area contributed by atoms with Crippen LogP contribution in [-0.4, -0.2) is 18.1 Å². The molecule has 3 rings (SSSR count). The maximum atomic E-state index is 13.4. The van der Waals surface area contributed by atoms with Gasteiger partial charge in [0.25, 0.3) is 0 Å². The molecule has 0 bridgehead atoms. The molecule has 3 nitrogen and oxygen atoms in total. The smallest absolute Gasteiger partial charge is 0.340 e. The number of ether oxygens (including phenoxy) is 1. The highest BCUT2D eigenvalue weighted by molar-refractivity contribution is 5.99. The van der Waals surface area contributed by atoms with Gasteiger partial charge >= 0.3 is 5.97 Å². The standard InChI is InChI=1S/C20H22FNO2/c1-3-6-17-19(20(23)24-2)18(13-9-11-14(21)12-10-13)15-7-4-5-8-16(15)22-17/h9-12H,3-8H2,1-2H3. The molecule has 0 amide bonds. The summed E-state index contributed by atoms with van der Waals surface area (Å²) in [4.78, 5) is 17.3. The summed E-state index contributed by atoms with van der Waals surface area (Å²) in [6, 6.07) is 6.35. The lowest BCUT2D eigenvalue weighted by Crippen LogP contribution is -2.17. The van der Waals surface area contributed by atoms with Gasteiger partial charge in [-0.2, -0.15) is 0 Å². The van der Waals surface area contributed by atoms with Crippen molar-refractivity contribution < 1.29 is 13.9 Å². The number of methoxy groups -OCH3 is 1. The number of hydrogen-bond acceptors (Lipinski definition) is 3. The Morgan fingerprint density at radius 1 is 1.21 bits per heavy atom. The van der Waals surface area contributed by atoms with Crippen molar-refractivity contribution in [2.45, 2.75) is 45.4 Å². The second-order valence-corrected chi connectivity index (χ2v) is 6.19.